The van der Waals surface area contributed by atoms with E-state index in [2.05, 4.69) is 20.9 Å². The molecule has 0 aromatic heterocycles. The van der Waals surface area contributed by atoms with E-state index in [0.29, 0.717) is 17.9 Å². The predicted octanol–water partition coefficient (Wildman–Crippen LogP) is 3.20. The first-order chi connectivity index (χ1) is 11.0. The van der Waals surface area contributed by atoms with Crippen LogP contribution in [0.25, 0.3) is 0 Å². The van der Waals surface area contributed by atoms with Gasteiger partial charge in [-0.1, -0.05) is 39.7 Å². The van der Waals surface area contributed by atoms with Crippen LogP contribution in [0.15, 0.2) is 56.7 Å². The van der Waals surface area contributed by atoms with E-state index in [4.69, 9.17) is 26.8 Å². The van der Waals surface area contributed by atoms with Gasteiger partial charge in [-0.2, -0.15) is 0 Å². The highest BCUT2D eigenvalue weighted by atomic mass is 79.9. The number of hydrogen-bond acceptors (Lipinski definition) is 5. The topological polar surface area (TPSA) is 73.9 Å². The number of hydrogen-bond donors (Lipinski definition) is 1. The molecule has 0 fully saturated rings. The lowest BCUT2D eigenvalue weighted by Crippen LogP contribution is -2.31. The second kappa shape index (κ2) is 6.37. The van der Waals surface area contributed by atoms with Crippen molar-refractivity contribution in [1.82, 2.24) is 0 Å². The Balaban J connectivity index is 2.18. The Kier molecular flexibility index (Phi) is 4.46. The Morgan fingerprint density at radius 2 is 2.13 bits per heavy atom. The van der Waals surface area contributed by atoms with Gasteiger partial charge >= 0.3 is 0 Å². The number of nitrogens with two attached hydrogens (primary N) is 1. The molecule has 2 aliphatic rings. The zero-order valence-electron chi connectivity index (χ0n) is 12.3. The van der Waals surface area contributed by atoms with Crippen molar-refractivity contribution < 1.29 is 14.3 Å². The number of rotatable bonds is 3. The summed E-state index contributed by atoms with van der Waals surface area (Å²) in [4.78, 5) is 16.4. The van der Waals surface area contributed by atoms with Crippen LogP contribution in [0.4, 0.5) is 0 Å². The summed E-state index contributed by atoms with van der Waals surface area (Å²) >= 11 is 9.52. The second-order valence-electron chi connectivity index (χ2n) is 5.02. The highest BCUT2D eigenvalue weighted by Gasteiger charge is 2.40. The van der Waals surface area contributed by atoms with E-state index in [1.54, 1.807) is 0 Å². The van der Waals surface area contributed by atoms with Gasteiger partial charge in [-0.05, 0) is 24.6 Å². The van der Waals surface area contributed by atoms with Gasteiger partial charge in [0.05, 0.1) is 18.1 Å². The van der Waals surface area contributed by atoms with Crippen LogP contribution in [0.1, 0.15) is 18.4 Å². The molecule has 2 aliphatic heterocycles. The zero-order chi connectivity index (χ0) is 16.6. The summed E-state index contributed by atoms with van der Waals surface area (Å²) in [7, 11) is 0. The molecule has 120 valence electrons. The number of aliphatic imine (C=N–C) groups is 1. The van der Waals surface area contributed by atoms with Gasteiger partial charge in [0.15, 0.2) is 22.5 Å². The molecule has 2 N–H and O–H groups in total. The molecular weight excluding hydrogens is 384 g/mol. The predicted molar refractivity (Wildman–Crippen MR) is 91.0 cm³/mol. The molecular formula is C16H14BrClN2O3. The first-order valence-electron chi connectivity index (χ1n) is 7.06. The van der Waals surface area contributed by atoms with Crippen LogP contribution >= 0.6 is 27.5 Å². The first kappa shape index (κ1) is 16.1. The van der Waals surface area contributed by atoms with Crippen LogP contribution in [0.2, 0.25) is 0 Å². The monoisotopic (exact) mass is 396 g/mol. The Labute approximate surface area is 146 Å². The average molecular weight is 398 g/mol. The standard InChI is InChI=1S/C16H14BrClN2O3/c1-2-22-14-11(8-3-5-9(17)6-4-8)12-10(21)7-20-15(18)13(12)23-16(14)19/h3-6,11H,2,7,19H2,1H3. The third kappa shape index (κ3) is 2.88. The van der Waals surface area contributed by atoms with Gasteiger partial charge in [0, 0.05) is 4.47 Å². The molecule has 23 heavy (non-hydrogen) atoms. The van der Waals surface area contributed by atoms with E-state index >= 15 is 0 Å². The molecule has 0 aliphatic carbocycles. The van der Waals surface area contributed by atoms with Crippen molar-refractivity contribution in [3.8, 4) is 0 Å². The molecule has 0 spiro atoms. The Hall–Kier alpha value is -1.79. The summed E-state index contributed by atoms with van der Waals surface area (Å²) in [5.74, 6) is 0.136. The molecule has 0 saturated carbocycles. The summed E-state index contributed by atoms with van der Waals surface area (Å²) in [6.07, 6.45) is 0. The third-order valence-electron chi connectivity index (χ3n) is 3.60. The number of dihydropyridines is 1. The molecule has 1 aromatic rings. The van der Waals surface area contributed by atoms with Crippen LogP contribution in [-0.2, 0) is 14.3 Å². The molecule has 5 nitrogen and oxygen atoms in total. The van der Waals surface area contributed by atoms with Crippen LogP contribution in [0.5, 0.6) is 0 Å². The minimum atomic E-state index is -0.455. The van der Waals surface area contributed by atoms with Crippen molar-refractivity contribution in [1.29, 1.82) is 0 Å². The number of ketones is 1. The number of ether oxygens (including phenoxy) is 2. The summed E-state index contributed by atoms with van der Waals surface area (Å²) in [6.45, 7) is 2.25. The van der Waals surface area contributed by atoms with E-state index in [1.807, 2.05) is 31.2 Å². The molecule has 0 radical (unpaired) electrons. The average Bonchev–Trinajstić information content (AvgIpc) is 2.53. The largest absolute Gasteiger partial charge is 0.492 e. The number of nitrogens with zero attached hydrogens (tertiary/aromatic N) is 1. The van der Waals surface area contributed by atoms with E-state index in [0.717, 1.165) is 10.0 Å². The maximum atomic E-state index is 12.4. The molecule has 3 rings (SSSR count). The number of benzene rings is 1. The highest BCUT2D eigenvalue weighted by Crippen LogP contribution is 2.42. The van der Waals surface area contributed by atoms with Gasteiger partial charge in [-0.25, -0.2) is 0 Å². The maximum Gasteiger partial charge on any atom is 0.230 e. The van der Waals surface area contributed by atoms with E-state index in [-0.39, 0.29) is 29.1 Å². The SMILES string of the molecule is CCOC1=C(N)OC2=C(C(=O)CN=C2Cl)C1c1ccc(Br)cc1. The first-order valence-corrected chi connectivity index (χ1v) is 8.23. The number of allylic oxidation sites excluding steroid dienone is 2. The summed E-state index contributed by atoms with van der Waals surface area (Å²) in [5, 5.41) is 0.153. The van der Waals surface area contributed by atoms with Gasteiger partial charge in [-0.15, -0.1) is 0 Å². The fourth-order valence-corrected chi connectivity index (χ4v) is 3.11. The van der Waals surface area contributed by atoms with Crippen LogP contribution < -0.4 is 5.73 Å². The van der Waals surface area contributed by atoms with Gasteiger partial charge in [0.25, 0.3) is 0 Å². The van der Waals surface area contributed by atoms with Crippen molar-refractivity contribution in [2.75, 3.05) is 13.2 Å². The zero-order valence-corrected chi connectivity index (χ0v) is 14.6. The molecule has 1 aromatic carbocycles. The van der Waals surface area contributed by atoms with Crippen LogP contribution in [0.3, 0.4) is 0 Å². The quantitative estimate of drug-likeness (QED) is 0.850. The Bertz CT molecular complexity index is 753. The number of carbonyl (C=O) groups is 1. The normalized spacial score (nSPS) is 20.9. The number of carbonyl (C=O) groups excluding carboxylic acids is 1. The Morgan fingerprint density at radius 3 is 2.78 bits per heavy atom. The molecule has 0 bridgehead atoms. The van der Waals surface area contributed by atoms with Crippen molar-refractivity contribution in [2.45, 2.75) is 12.8 Å². The van der Waals surface area contributed by atoms with Gasteiger partial charge < -0.3 is 15.2 Å². The van der Waals surface area contributed by atoms with Crippen molar-refractivity contribution >= 4 is 38.5 Å². The lowest BCUT2D eigenvalue weighted by molar-refractivity contribution is -0.115. The molecule has 7 heteroatoms. The minimum absolute atomic E-state index is 0.00658. The minimum Gasteiger partial charge on any atom is -0.492 e. The van der Waals surface area contributed by atoms with Crippen molar-refractivity contribution in [3.63, 3.8) is 0 Å². The molecule has 2 heterocycles. The maximum absolute atomic E-state index is 12.4. The Morgan fingerprint density at radius 1 is 1.43 bits per heavy atom. The smallest absolute Gasteiger partial charge is 0.230 e. The second-order valence-corrected chi connectivity index (χ2v) is 6.29. The van der Waals surface area contributed by atoms with Crippen LogP contribution in [-0.4, -0.2) is 24.1 Å². The highest BCUT2D eigenvalue weighted by molar-refractivity contribution is 9.10. The summed E-state index contributed by atoms with van der Waals surface area (Å²) in [6, 6.07) is 7.61. The number of Topliss-reactive ketones (excluding diaryl/α,β-unsaturated/α-hetero) is 1. The van der Waals surface area contributed by atoms with E-state index in [9.17, 15) is 4.79 Å². The van der Waals surface area contributed by atoms with Gasteiger partial charge in [0.2, 0.25) is 5.88 Å². The molecule has 0 saturated heterocycles. The number of halogens is 2. The van der Waals surface area contributed by atoms with Gasteiger partial charge in [-0.3, -0.25) is 9.79 Å². The molecule has 1 atom stereocenters. The van der Waals surface area contributed by atoms with E-state index in [1.165, 1.54) is 0 Å². The molecule has 1 unspecified atom stereocenters. The fraction of sp³-hybridized carbons (Fsp3) is 0.250. The van der Waals surface area contributed by atoms with Crippen molar-refractivity contribution in [3.05, 3.63) is 57.3 Å². The van der Waals surface area contributed by atoms with E-state index < -0.39 is 5.92 Å². The van der Waals surface area contributed by atoms with Gasteiger partial charge in [0.1, 0.15) is 6.54 Å². The fourth-order valence-electron chi connectivity index (χ4n) is 2.64. The van der Waals surface area contributed by atoms with Crippen molar-refractivity contribution in [2.24, 2.45) is 10.7 Å². The lowest BCUT2D eigenvalue weighted by atomic mass is 9.84. The lowest BCUT2D eigenvalue weighted by Gasteiger charge is -2.31. The summed E-state index contributed by atoms with van der Waals surface area (Å²) < 4.78 is 12.1. The van der Waals surface area contributed by atoms with Crippen LogP contribution in [0, 0.1) is 0 Å². The molecule has 0 amide bonds. The summed E-state index contributed by atoms with van der Waals surface area (Å²) in [5.41, 5.74) is 7.31. The third-order valence-corrected chi connectivity index (χ3v) is 4.42.